The van der Waals surface area contributed by atoms with Crippen LogP contribution >= 0.6 is 0 Å². The Labute approximate surface area is 117 Å². The van der Waals surface area contributed by atoms with E-state index in [0.29, 0.717) is 5.56 Å². The van der Waals surface area contributed by atoms with Crippen LogP contribution in [-0.2, 0) is 16.1 Å². The van der Waals surface area contributed by atoms with Crippen molar-refractivity contribution in [2.75, 3.05) is 6.61 Å². The number of carboxylic acid groups (broad SMARTS) is 1. The molecule has 0 aliphatic rings. The first kappa shape index (κ1) is 14.9. The fraction of sp³-hybridized carbons (Fsp3) is 0.250. The van der Waals surface area contributed by atoms with Gasteiger partial charge in [0.2, 0.25) is 11.8 Å². The molecule has 2 aromatic rings. The van der Waals surface area contributed by atoms with Crippen molar-refractivity contribution in [2.24, 2.45) is 0 Å². The van der Waals surface area contributed by atoms with Gasteiger partial charge in [-0.25, -0.2) is 4.79 Å². The van der Waals surface area contributed by atoms with Crippen molar-refractivity contribution in [3.8, 4) is 17.2 Å². The first-order chi connectivity index (χ1) is 10.0. The molecule has 1 aromatic carbocycles. The largest absolute Gasteiger partial charge is 0.480 e. The number of halogens is 2. The Hall–Kier alpha value is -2.55. The van der Waals surface area contributed by atoms with Gasteiger partial charge in [0, 0.05) is 5.56 Å². The molecular weight excluding hydrogens is 290 g/mol. The number of alkyl halides is 2. The molecule has 0 atom stereocenters. The quantitative estimate of drug-likeness (QED) is 0.834. The Morgan fingerprint density at radius 1 is 1.38 bits per heavy atom. The maximum atomic E-state index is 12.1. The van der Waals surface area contributed by atoms with Crippen molar-refractivity contribution in [1.82, 2.24) is 10.2 Å². The van der Waals surface area contributed by atoms with Crippen molar-refractivity contribution in [2.45, 2.75) is 13.2 Å². The molecular formula is C12H10F2N2O5. The van der Waals surface area contributed by atoms with Gasteiger partial charge in [0.25, 0.3) is 0 Å². The second-order valence-corrected chi connectivity index (χ2v) is 3.79. The predicted molar refractivity (Wildman–Crippen MR) is 63.7 cm³/mol. The lowest BCUT2D eigenvalue weighted by Crippen LogP contribution is -2.06. The lowest BCUT2D eigenvalue weighted by atomic mass is 10.2. The minimum Gasteiger partial charge on any atom is -0.480 e. The molecule has 1 heterocycles. The highest BCUT2D eigenvalue weighted by atomic mass is 19.3. The molecule has 1 N–H and O–H groups in total. The molecule has 0 fully saturated rings. The standard InChI is InChI=1S/C12H10F2N2O5/c13-12(14)20-8-3-1-2-7(4-8)11-16-15-9(21-11)5-19-6-10(17)18/h1-4,12H,5-6H2,(H,17,18). The number of hydrogen-bond donors (Lipinski definition) is 1. The Kier molecular flexibility index (Phi) is 4.77. The predicted octanol–water partition coefficient (Wildman–Crippen LogP) is 1.94. The van der Waals surface area contributed by atoms with Crippen LogP contribution in [0.4, 0.5) is 8.78 Å². The third kappa shape index (κ3) is 4.49. The molecule has 0 saturated carbocycles. The molecule has 2 rings (SSSR count). The molecule has 0 spiro atoms. The van der Waals surface area contributed by atoms with Gasteiger partial charge in [0.15, 0.2) is 0 Å². The van der Waals surface area contributed by atoms with Gasteiger partial charge in [-0.3, -0.25) is 0 Å². The highest BCUT2D eigenvalue weighted by molar-refractivity contribution is 5.67. The molecule has 21 heavy (non-hydrogen) atoms. The Morgan fingerprint density at radius 2 is 2.19 bits per heavy atom. The van der Waals surface area contributed by atoms with E-state index in [1.54, 1.807) is 6.07 Å². The van der Waals surface area contributed by atoms with E-state index in [1.165, 1.54) is 18.2 Å². The maximum absolute atomic E-state index is 12.1. The zero-order valence-corrected chi connectivity index (χ0v) is 10.5. The molecule has 0 aliphatic heterocycles. The summed E-state index contributed by atoms with van der Waals surface area (Å²) in [6, 6.07) is 5.76. The third-order valence-corrected chi connectivity index (χ3v) is 2.22. The van der Waals surface area contributed by atoms with E-state index in [-0.39, 0.29) is 24.1 Å². The summed E-state index contributed by atoms with van der Waals surface area (Å²) < 4.78 is 38.5. The smallest absolute Gasteiger partial charge is 0.387 e. The molecule has 0 aliphatic carbocycles. The normalized spacial score (nSPS) is 10.8. The zero-order valence-electron chi connectivity index (χ0n) is 10.5. The minimum absolute atomic E-state index is 0.0376. The molecule has 0 saturated heterocycles. The summed E-state index contributed by atoms with van der Waals surface area (Å²) in [5, 5.41) is 15.8. The fourth-order valence-corrected chi connectivity index (χ4v) is 1.46. The van der Waals surface area contributed by atoms with Gasteiger partial charge in [0.05, 0.1) is 0 Å². The molecule has 0 radical (unpaired) electrons. The van der Waals surface area contributed by atoms with E-state index in [2.05, 4.69) is 14.9 Å². The van der Waals surface area contributed by atoms with Gasteiger partial charge in [0.1, 0.15) is 19.0 Å². The fourth-order valence-electron chi connectivity index (χ4n) is 1.46. The molecule has 1 aromatic heterocycles. The van der Waals surface area contributed by atoms with E-state index < -0.39 is 19.2 Å². The summed E-state index contributed by atoms with van der Waals surface area (Å²) in [6.07, 6.45) is 0. The lowest BCUT2D eigenvalue weighted by Gasteiger charge is -2.04. The first-order valence-electron chi connectivity index (χ1n) is 5.72. The van der Waals surface area contributed by atoms with E-state index in [4.69, 9.17) is 14.3 Å². The van der Waals surface area contributed by atoms with E-state index >= 15 is 0 Å². The van der Waals surface area contributed by atoms with Crippen LogP contribution in [-0.4, -0.2) is 34.5 Å². The summed E-state index contributed by atoms with van der Waals surface area (Å²) in [5.74, 6) is -0.994. The SMILES string of the molecule is O=C(O)COCc1nnc(-c2cccc(OC(F)F)c2)o1. The zero-order chi connectivity index (χ0) is 15.2. The summed E-state index contributed by atoms with van der Waals surface area (Å²) in [6.45, 7) is -3.58. The third-order valence-electron chi connectivity index (χ3n) is 2.22. The average Bonchev–Trinajstić information content (AvgIpc) is 2.86. The van der Waals surface area contributed by atoms with Crippen LogP contribution in [0.5, 0.6) is 5.75 Å². The summed E-state index contributed by atoms with van der Waals surface area (Å²) >= 11 is 0. The summed E-state index contributed by atoms with van der Waals surface area (Å²) in [7, 11) is 0. The Balaban J connectivity index is 2.05. The molecule has 0 amide bonds. The minimum atomic E-state index is -2.93. The van der Waals surface area contributed by atoms with E-state index in [1.807, 2.05) is 0 Å². The Morgan fingerprint density at radius 3 is 2.90 bits per heavy atom. The van der Waals surface area contributed by atoms with E-state index in [0.717, 1.165) is 0 Å². The van der Waals surface area contributed by atoms with Crippen molar-refractivity contribution in [1.29, 1.82) is 0 Å². The van der Waals surface area contributed by atoms with Crippen LogP contribution in [0.3, 0.4) is 0 Å². The van der Waals surface area contributed by atoms with Crippen LogP contribution < -0.4 is 4.74 Å². The number of rotatable bonds is 7. The second-order valence-electron chi connectivity index (χ2n) is 3.79. The number of aliphatic carboxylic acids is 1. The number of benzene rings is 1. The number of aromatic nitrogens is 2. The van der Waals surface area contributed by atoms with Crippen molar-refractivity contribution < 1.29 is 32.6 Å². The first-order valence-corrected chi connectivity index (χ1v) is 5.72. The monoisotopic (exact) mass is 300 g/mol. The molecule has 0 unspecified atom stereocenters. The highest BCUT2D eigenvalue weighted by Crippen LogP contribution is 2.24. The molecule has 112 valence electrons. The number of hydrogen-bond acceptors (Lipinski definition) is 6. The van der Waals surface area contributed by atoms with Gasteiger partial charge in [-0.1, -0.05) is 6.07 Å². The van der Waals surface area contributed by atoms with Crippen molar-refractivity contribution >= 4 is 5.97 Å². The second kappa shape index (κ2) is 6.75. The molecule has 7 nitrogen and oxygen atoms in total. The summed E-state index contributed by atoms with van der Waals surface area (Å²) in [5.41, 5.74) is 0.394. The van der Waals surface area contributed by atoms with E-state index in [9.17, 15) is 13.6 Å². The number of ether oxygens (including phenoxy) is 2. The number of carbonyl (C=O) groups is 1. The van der Waals surface area contributed by atoms with Gasteiger partial charge in [-0.05, 0) is 18.2 Å². The van der Waals surface area contributed by atoms with Crippen LogP contribution in [0.15, 0.2) is 28.7 Å². The number of nitrogens with zero attached hydrogens (tertiary/aromatic N) is 2. The average molecular weight is 300 g/mol. The van der Waals surface area contributed by atoms with Crippen LogP contribution in [0.2, 0.25) is 0 Å². The highest BCUT2D eigenvalue weighted by Gasteiger charge is 2.11. The maximum Gasteiger partial charge on any atom is 0.387 e. The number of carboxylic acids is 1. The lowest BCUT2D eigenvalue weighted by molar-refractivity contribution is -0.142. The van der Waals surface area contributed by atoms with Crippen molar-refractivity contribution in [3.63, 3.8) is 0 Å². The Bertz CT molecular complexity index is 617. The van der Waals surface area contributed by atoms with Crippen LogP contribution in [0.1, 0.15) is 5.89 Å². The summed E-state index contributed by atoms with van der Waals surface area (Å²) in [4.78, 5) is 10.3. The van der Waals surface area contributed by atoms with Crippen LogP contribution in [0, 0.1) is 0 Å². The van der Waals surface area contributed by atoms with Crippen LogP contribution in [0.25, 0.3) is 11.5 Å². The van der Waals surface area contributed by atoms with Gasteiger partial charge in [-0.2, -0.15) is 8.78 Å². The van der Waals surface area contributed by atoms with Gasteiger partial charge >= 0.3 is 12.6 Å². The van der Waals surface area contributed by atoms with Gasteiger partial charge < -0.3 is 19.0 Å². The topological polar surface area (TPSA) is 94.7 Å². The molecule has 9 heteroatoms. The van der Waals surface area contributed by atoms with Crippen molar-refractivity contribution in [3.05, 3.63) is 30.2 Å². The molecule has 0 bridgehead atoms. The van der Waals surface area contributed by atoms with Gasteiger partial charge in [-0.15, -0.1) is 10.2 Å².